The Hall–Kier alpha value is -2.74. The molecule has 0 amide bonds. The highest BCUT2D eigenvalue weighted by molar-refractivity contribution is 7.98. The molecule has 1 N–H and O–H groups in total. The van der Waals surface area contributed by atoms with Crippen LogP contribution in [0.2, 0.25) is 0 Å². The Balaban J connectivity index is 1.46. The molecule has 0 atom stereocenters. The van der Waals surface area contributed by atoms with E-state index in [1.807, 2.05) is 25.1 Å². The van der Waals surface area contributed by atoms with Crippen molar-refractivity contribution in [2.24, 2.45) is 0 Å². The molecular formula is C16H14N4O3S. The van der Waals surface area contributed by atoms with Gasteiger partial charge in [0, 0.05) is 6.07 Å². The fourth-order valence-corrected chi connectivity index (χ4v) is 2.96. The predicted octanol–water partition coefficient (Wildman–Crippen LogP) is 3.90. The maximum Gasteiger partial charge on any atom is 0.238 e. The van der Waals surface area contributed by atoms with E-state index in [1.165, 1.54) is 11.8 Å². The van der Waals surface area contributed by atoms with Crippen molar-refractivity contribution in [3.63, 3.8) is 0 Å². The first-order valence-corrected chi connectivity index (χ1v) is 8.42. The predicted molar refractivity (Wildman–Crippen MR) is 88.8 cm³/mol. The Morgan fingerprint density at radius 2 is 2.21 bits per heavy atom. The van der Waals surface area contributed by atoms with E-state index in [0.29, 0.717) is 29.8 Å². The molecule has 24 heavy (non-hydrogen) atoms. The van der Waals surface area contributed by atoms with Crippen LogP contribution in [0.1, 0.15) is 12.8 Å². The fraction of sp³-hybridized carbons (Fsp3) is 0.188. The van der Waals surface area contributed by atoms with Crippen LogP contribution in [0.3, 0.4) is 0 Å². The van der Waals surface area contributed by atoms with Gasteiger partial charge in [-0.2, -0.15) is 4.98 Å². The Morgan fingerprint density at radius 1 is 1.25 bits per heavy atom. The zero-order chi connectivity index (χ0) is 16.4. The molecule has 0 fully saturated rings. The number of nitrogens with zero attached hydrogens (tertiary/aromatic N) is 3. The average molecular weight is 342 g/mol. The number of hydrogen-bond donors (Lipinski definition) is 1. The molecule has 4 aromatic rings. The van der Waals surface area contributed by atoms with E-state index in [4.69, 9.17) is 13.7 Å². The van der Waals surface area contributed by atoms with Gasteiger partial charge in [-0.05, 0) is 31.2 Å². The van der Waals surface area contributed by atoms with Crippen LogP contribution in [-0.4, -0.2) is 26.7 Å². The van der Waals surface area contributed by atoms with Crippen LogP contribution in [-0.2, 0) is 5.75 Å². The smallest absolute Gasteiger partial charge is 0.238 e. The highest BCUT2D eigenvalue weighted by Gasteiger charge is 2.12. The molecule has 0 aliphatic rings. The molecule has 0 aliphatic carbocycles. The second-order valence-corrected chi connectivity index (χ2v) is 5.90. The highest BCUT2D eigenvalue weighted by atomic mass is 32.2. The van der Waals surface area contributed by atoms with Gasteiger partial charge in [0.1, 0.15) is 5.75 Å². The summed E-state index contributed by atoms with van der Waals surface area (Å²) >= 11 is 1.49. The quantitative estimate of drug-likeness (QED) is 0.531. The van der Waals surface area contributed by atoms with Crippen LogP contribution < -0.4 is 4.74 Å². The zero-order valence-corrected chi connectivity index (χ0v) is 13.7. The standard InChI is InChI=1S/C16H14N4O3S/c1-2-21-10-5-6-11-12(8-10)18-16(17-11)24-9-14-19-15(20-23-14)13-4-3-7-22-13/h3-8H,2,9H2,1H3,(H,17,18). The summed E-state index contributed by atoms with van der Waals surface area (Å²) in [6, 6.07) is 9.36. The van der Waals surface area contributed by atoms with Crippen LogP contribution in [0.5, 0.6) is 5.75 Å². The van der Waals surface area contributed by atoms with Crippen molar-refractivity contribution in [3.05, 3.63) is 42.5 Å². The maximum absolute atomic E-state index is 5.49. The fourth-order valence-electron chi connectivity index (χ4n) is 2.24. The summed E-state index contributed by atoms with van der Waals surface area (Å²) in [5, 5.41) is 4.69. The first-order chi connectivity index (χ1) is 11.8. The zero-order valence-electron chi connectivity index (χ0n) is 12.9. The number of aromatic nitrogens is 4. The lowest BCUT2D eigenvalue weighted by molar-refractivity contribution is 0.340. The summed E-state index contributed by atoms with van der Waals surface area (Å²) in [7, 11) is 0. The van der Waals surface area contributed by atoms with Gasteiger partial charge in [-0.3, -0.25) is 0 Å². The van der Waals surface area contributed by atoms with Gasteiger partial charge in [-0.25, -0.2) is 4.98 Å². The number of hydrogen-bond acceptors (Lipinski definition) is 7. The van der Waals surface area contributed by atoms with Crippen molar-refractivity contribution in [2.45, 2.75) is 17.8 Å². The minimum Gasteiger partial charge on any atom is -0.494 e. The Morgan fingerprint density at radius 3 is 3.04 bits per heavy atom. The molecule has 0 bridgehead atoms. The molecule has 8 heteroatoms. The molecule has 3 heterocycles. The van der Waals surface area contributed by atoms with E-state index in [-0.39, 0.29) is 0 Å². The van der Waals surface area contributed by atoms with E-state index in [9.17, 15) is 0 Å². The van der Waals surface area contributed by atoms with Gasteiger partial charge in [0.05, 0.1) is 29.7 Å². The number of ether oxygens (including phenoxy) is 1. The Bertz CT molecular complexity index is 945. The van der Waals surface area contributed by atoms with Crippen LogP contribution >= 0.6 is 11.8 Å². The molecule has 0 aliphatic heterocycles. The van der Waals surface area contributed by atoms with Gasteiger partial charge in [0.25, 0.3) is 0 Å². The van der Waals surface area contributed by atoms with Gasteiger partial charge in [-0.1, -0.05) is 16.9 Å². The molecule has 0 spiro atoms. The Labute approximate surface area is 141 Å². The van der Waals surface area contributed by atoms with Gasteiger partial charge in [0.15, 0.2) is 10.9 Å². The number of furan rings is 1. The second kappa shape index (κ2) is 6.40. The third kappa shape index (κ3) is 3.00. The lowest BCUT2D eigenvalue weighted by atomic mass is 10.3. The SMILES string of the molecule is CCOc1ccc2nc(SCc3nc(-c4ccco4)no3)[nH]c2c1. The first kappa shape index (κ1) is 14.8. The molecule has 1 aromatic carbocycles. The molecule has 0 saturated heterocycles. The number of aromatic amines is 1. The maximum atomic E-state index is 5.49. The van der Waals surface area contributed by atoms with Gasteiger partial charge < -0.3 is 18.7 Å². The summed E-state index contributed by atoms with van der Waals surface area (Å²) in [5.74, 6) is 2.89. The van der Waals surface area contributed by atoms with Gasteiger partial charge in [-0.15, -0.1) is 0 Å². The second-order valence-electron chi connectivity index (χ2n) is 4.93. The number of H-pyrrole nitrogens is 1. The minimum atomic E-state index is 0.446. The molecule has 3 aromatic heterocycles. The van der Waals surface area contributed by atoms with E-state index in [1.54, 1.807) is 18.4 Å². The number of rotatable bonds is 6. The van der Waals surface area contributed by atoms with Gasteiger partial charge in [0.2, 0.25) is 11.7 Å². The van der Waals surface area contributed by atoms with E-state index in [2.05, 4.69) is 20.1 Å². The van der Waals surface area contributed by atoms with Crippen molar-refractivity contribution in [3.8, 4) is 17.3 Å². The third-order valence-electron chi connectivity index (χ3n) is 3.28. The summed E-state index contributed by atoms with van der Waals surface area (Å²) in [6.07, 6.45) is 1.57. The van der Waals surface area contributed by atoms with Crippen molar-refractivity contribution < 1.29 is 13.7 Å². The molecule has 0 radical (unpaired) electrons. The number of imidazole rings is 1. The number of benzene rings is 1. The minimum absolute atomic E-state index is 0.446. The highest BCUT2D eigenvalue weighted by Crippen LogP contribution is 2.26. The van der Waals surface area contributed by atoms with Gasteiger partial charge >= 0.3 is 0 Å². The molecule has 0 saturated carbocycles. The monoisotopic (exact) mass is 342 g/mol. The van der Waals surface area contributed by atoms with Crippen molar-refractivity contribution in [1.82, 2.24) is 20.1 Å². The summed E-state index contributed by atoms with van der Waals surface area (Å²) in [4.78, 5) is 12.1. The van der Waals surface area contributed by atoms with E-state index >= 15 is 0 Å². The lowest BCUT2D eigenvalue weighted by Crippen LogP contribution is -1.90. The number of nitrogens with one attached hydrogen (secondary N) is 1. The summed E-state index contributed by atoms with van der Waals surface area (Å²) in [5.41, 5.74) is 1.83. The molecular weight excluding hydrogens is 328 g/mol. The topological polar surface area (TPSA) is 90.0 Å². The van der Waals surface area contributed by atoms with E-state index in [0.717, 1.165) is 21.9 Å². The van der Waals surface area contributed by atoms with Crippen molar-refractivity contribution in [2.75, 3.05) is 6.61 Å². The summed E-state index contributed by atoms with van der Waals surface area (Å²) in [6.45, 7) is 2.59. The average Bonchev–Trinajstić information content (AvgIpc) is 3.32. The van der Waals surface area contributed by atoms with Crippen LogP contribution in [0.25, 0.3) is 22.6 Å². The Kier molecular flexibility index (Phi) is 3.96. The molecule has 122 valence electrons. The largest absolute Gasteiger partial charge is 0.494 e. The van der Waals surface area contributed by atoms with Crippen LogP contribution in [0, 0.1) is 0 Å². The van der Waals surface area contributed by atoms with Crippen molar-refractivity contribution in [1.29, 1.82) is 0 Å². The lowest BCUT2D eigenvalue weighted by Gasteiger charge is -2.00. The van der Waals surface area contributed by atoms with Crippen LogP contribution in [0.15, 0.2) is 50.7 Å². The first-order valence-electron chi connectivity index (χ1n) is 7.43. The number of fused-ring (bicyclic) bond motifs is 1. The van der Waals surface area contributed by atoms with E-state index < -0.39 is 0 Å². The third-order valence-corrected chi connectivity index (χ3v) is 4.14. The molecule has 4 rings (SSSR count). The van der Waals surface area contributed by atoms with Crippen LogP contribution in [0.4, 0.5) is 0 Å². The summed E-state index contributed by atoms with van der Waals surface area (Å²) < 4.78 is 16.0. The number of thioether (sulfide) groups is 1. The molecule has 7 nitrogen and oxygen atoms in total. The normalized spacial score (nSPS) is 11.2. The molecule has 0 unspecified atom stereocenters. The van der Waals surface area contributed by atoms with Crippen molar-refractivity contribution >= 4 is 22.8 Å².